The second-order valence-corrected chi connectivity index (χ2v) is 3.44. The van der Waals surface area contributed by atoms with Crippen molar-refractivity contribution in [2.75, 3.05) is 0 Å². The minimum atomic E-state index is -0.434. The van der Waals surface area contributed by atoms with E-state index in [1.165, 1.54) is 0 Å². The van der Waals surface area contributed by atoms with E-state index in [2.05, 4.69) is 4.74 Å². The van der Waals surface area contributed by atoms with Crippen molar-refractivity contribution < 1.29 is 14.3 Å². The number of allylic oxidation sites excluding steroid dienone is 1. The number of hydrogen-bond donors (Lipinski definition) is 0. The van der Waals surface area contributed by atoms with Crippen LogP contribution in [0.2, 0.25) is 0 Å². The molecule has 0 saturated carbocycles. The van der Waals surface area contributed by atoms with E-state index in [-0.39, 0.29) is 11.9 Å². The van der Waals surface area contributed by atoms with Gasteiger partial charge in [0.2, 0.25) is 0 Å². The monoisotopic (exact) mass is 166 g/mol. The lowest BCUT2D eigenvalue weighted by Crippen LogP contribution is -2.15. The van der Waals surface area contributed by atoms with E-state index in [0.717, 1.165) is 12.8 Å². The lowest BCUT2D eigenvalue weighted by molar-refractivity contribution is -0.152. The third-order valence-corrected chi connectivity index (χ3v) is 2.46. The topological polar surface area (TPSA) is 43.4 Å². The molecule has 2 unspecified atom stereocenters. The van der Waals surface area contributed by atoms with Crippen LogP contribution in [-0.4, -0.2) is 11.9 Å². The molecule has 64 valence electrons. The summed E-state index contributed by atoms with van der Waals surface area (Å²) in [4.78, 5) is 22.1. The average Bonchev–Trinajstić information content (AvgIpc) is 2.28. The molecule has 1 heterocycles. The van der Waals surface area contributed by atoms with E-state index in [9.17, 15) is 9.59 Å². The Morgan fingerprint density at radius 3 is 2.92 bits per heavy atom. The minimum absolute atomic E-state index is 0.256. The van der Waals surface area contributed by atoms with Crippen molar-refractivity contribution in [3.05, 3.63) is 11.6 Å². The summed E-state index contributed by atoms with van der Waals surface area (Å²) in [5.74, 6) is -0.655. The van der Waals surface area contributed by atoms with Crippen LogP contribution in [0.1, 0.15) is 19.8 Å². The molecule has 3 nitrogen and oxygen atoms in total. The van der Waals surface area contributed by atoms with Gasteiger partial charge in [-0.05, 0) is 18.8 Å². The standard InChI is InChI=1S/C9H10O3/c1-5-2-3-6-7(4-5)9(11)12-8(6)10/h4-6H,2-3H2,1H3. The number of fused-ring (bicyclic) bond motifs is 1. The lowest BCUT2D eigenvalue weighted by Gasteiger charge is -2.16. The molecule has 1 fully saturated rings. The molecule has 1 saturated heterocycles. The van der Waals surface area contributed by atoms with Gasteiger partial charge >= 0.3 is 11.9 Å². The highest BCUT2D eigenvalue weighted by Gasteiger charge is 2.40. The first-order valence-corrected chi connectivity index (χ1v) is 4.16. The zero-order valence-corrected chi connectivity index (χ0v) is 6.87. The van der Waals surface area contributed by atoms with Gasteiger partial charge in [-0.2, -0.15) is 0 Å². The molecule has 0 aromatic rings. The van der Waals surface area contributed by atoms with E-state index in [4.69, 9.17) is 0 Å². The molecule has 0 aromatic heterocycles. The molecule has 0 amide bonds. The van der Waals surface area contributed by atoms with Crippen LogP contribution in [-0.2, 0) is 14.3 Å². The molecule has 1 aliphatic carbocycles. The van der Waals surface area contributed by atoms with Crippen LogP contribution in [0.25, 0.3) is 0 Å². The molecule has 0 spiro atoms. The van der Waals surface area contributed by atoms with Crippen LogP contribution in [0.3, 0.4) is 0 Å². The van der Waals surface area contributed by atoms with E-state index >= 15 is 0 Å². The Morgan fingerprint density at radius 2 is 2.17 bits per heavy atom. The SMILES string of the molecule is CC1C=C2C(=O)OC(=O)C2CC1. The maximum atomic E-state index is 11.1. The average molecular weight is 166 g/mol. The zero-order chi connectivity index (χ0) is 8.72. The molecular formula is C9H10O3. The first-order valence-electron chi connectivity index (χ1n) is 4.16. The molecular weight excluding hydrogens is 156 g/mol. The third-order valence-electron chi connectivity index (χ3n) is 2.46. The van der Waals surface area contributed by atoms with Gasteiger partial charge in [0.05, 0.1) is 5.92 Å². The predicted molar refractivity (Wildman–Crippen MR) is 41.1 cm³/mol. The van der Waals surface area contributed by atoms with Crippen molar-refractivity contribution in [3.8, 4) is 0 Å². The Labute approximate surface area is 70.4 Å². The molecule has 2 rings (SSSR count). The van der Waals surface area contributed by atoms with Gasteiger partial charge in [0.25, 0.3) is 0 Å². The number of esters is 2. The summed E-state index contributed by atoms with van der Waals surface area (Å²) in [6, 6.07) is 0. The van der Waals surface area contributed by atoms with Crippen LogP contribution in [0.4, 0.5) is 0 Å². The largest absolute Gasteiger partial charge is 0.389 e. The fourth-order valence-corrected chi connectivity index (χ4v) is 1.77. The molecule has 3 heteroatoms. The highest BCUT2D eigenvalue weighted by molar-refractivity contribution is 6.07. The molecule has 1 aliphatic heterocycles. The van der Waals surface area contributed by atoms with Crippen molar-refractivity contribution in [2.45, 2.75) is 19.8 Å². The van der Waals surface area contributed by atoms with Gasteiger partial charge in [-0.1, -0.05) is 13.0 Å². The van der Waals surface area contributed by atoms with Gasteiger partial charge in [0, 0.05) is 5.57 Å². The number of cyclic esters (lactones) is 2. The summed E-state index contributed by atoms with van der Waals surface area (Å²) in [7, 11) is 0. The Morgan fingerprint density at radius 1 is 1.42 bits per heavy atom. The number of hydrogen-bond acceptors (Lipinski definition) is 3. The summed E-state index contributed by atoms with van der Waals surface area (Å²) >= 11 is 0. The fourth-order valence-electron chi connectivity index (χ4n) is 1.77. The third kappa shape index (κ3) is 0.967. The Balaban J connectivity index is 2.36. The Kier molecular flexibility index (Phi) is 1.53. The summed E-state index contributed by atoms with van der Waals surface area (Å²) in [6.45, 7) is 2.04. The van der Waals surface area contributed by atoms with E-state index < -0.39 is 5.97 Å². The quantitative estimate of drug-likeness (QED) is 0.399. The van der Waals surface area contributed by atoms with Gasteiger partial charge in [-0.15, -0.1) is 0 Å². The lowest BCUT2D eigenvalue weighted by atomic mass is 9.84. The first-order chi connectivity index (χ1) is 5.68. The maximum absolute atomic E-state index is 11.1. The summed E-state index contributed by atoms with van der Waals surface area (Å²) in [6.07, 6.45) is 3.59. The highest BCUT2D eigenvalue weighted by atomic mass is 16.6. The number of ether oxygens (including phenoxy) is 1. The second-order valence-electron chi connectivity index (χ2n) is 3.44. The predicted octanol–water partition coefficient (Wildman–Crippen LogP) is 1.04. The smallest absolute Gasteiger partial charge is 0.342 e. The Hall–Kier alpha value is -1.12. The van der Waals surface area contributed by atoms with Crippen molar-refractivity contribution in [3.63, 3.8) is 0 Å². The van der Waals surface area contributed by atoms with Gasteiger partial charge in [0.15, 0.2) is 0 Å². The van der Waals surface area contributed by atoms with E-state index in [0.29, 0.717) is 11.5 Å². The highest BCUT2D eigenvalue weighted by Crippen LogP contribution is 2.34. The van der Waals surface area contributed by atoms with Crippen LogP contribution in [0, 0.1) is 11.8 Å². The van der Waals surface area contributed by atoms with Gasteiger partial charge in [0.1, 0.15) is 0 Å². The number of carbonyl (C=O) groups excluding carboxylic acids is 2. The Bertz CT molecular complexity index is 277. The minimum Gasteiger partial charge on any atom is -0.389 e. The normalized spacial score (nSPS) is 34.2. The molecule has 0 aromatic carbocycles. The van der Waals surface area contributed by atoms with Crippen molar-refractivity contribution in [1.82, 2.24) is 0 Å². The summed E-state index contributed by atoms with van der Waals surface area (Å²) < 4.78 is 4.51. The van der Waals surface area contributed by atoms with Crippen molar-refractivity contribution in [1.29, 1.82) is 0 Å². The molecule has 0 N–H and O–H groups in total. The number of carbonyl (C=O) groups is 2. The second kappa shape index (κ2) is 2.44. The van der Waals surface area contributed by atoms with Crippen LogP contribution in [0.15, 0.2) is 11.6 Å². The van der Waals surface area contributed by atoms with E-state index in [1.54, 1.807) is 0 Å². The van der Waals surface area contributed by atoms with Gasteiger partial charge in [-0.3, -0.25) is 4.79 Å². The molecule has 2 atom stereocenters. The first kappa shape index (κ1) is 7.53. The van der Waals surface area contributed by atoms with Gasteiger partial charge in [-0.25, -0.2) is 4.79 Å². The van der Waals surface area contributed by atoms with Crippen molar-refractivity contribution in [2.24, 2.45) is 11.8 Å². The van der Waals surface area contributed by atoms with Crippen molar-refractivity contribution >= 4 is 11.9 Å². The molecule has 2 aliphatic rings. The number of rotatable bonds is 0. The summed E-state index contributed by atoms with van der Waals surface area (Å²) in [5, 5.41) is 0. The van der Waals surface area contributed by atoms with Gasteiger partial charge < -0.3 is 4.74 Å². The maximum Gasteiger partial charge on any atom is 0.342 e. The van der Waals surface area contributed by atoms with Crippen LogP contribution < -0.4 is 0 Å². The molecule has 0 bridgehead atoms. The summed E-state index contributed by atoms with van der Waals surface area (Å²) in [5.41, 5.74) is 0.582. The molecule has 12 heavy (non-hydrogen) atoms. The fraction of sp³-hybridized carbons (Fsp3) is 0.556. The van der Waals surface area contributed by atoms with Crippen LogP contribution in [0.5, 0.6) is 0 Å². The zero-order valence-electron chi connectivity index (χ0n) is 6.87. The van der Waals surface area contributed by atoms with Crippen LogP contribution >= 0.6 is 0 Å². The molecule has 0 radical (unpaired) electrons. The van der Waals surface area contributed by atoms with E-state index in [1.807, 2.05) is 13.0 Å².